The van der Waals surface area contributed by atoms with Gasteiger partial charge in [0.25, 0.3) is 15.9 Å². The van der Waals surface area contributed by atoms with E-state index >= 15 is 0 Å². The molecule has 0 saturated carbocycles. The van der Waals surface area contributed by atoms with Gasteiger partial charge < -0.3 is 0 Å². The molecule has 0 aliphatic carbocycles. The van der Waals surface area contributed by atoms with Crippen LogP contribution in [0.25, 0.3) is 6.08 Å². The van der Waals surface area contributed by atoms with E-state index in [0.717, 1.165) is 30.3 Å². The zero-order valence-electron chi connectivity index (χ0n) is 13.2. The van der Waals surface area contributed by atoms with Gasteiger partial charge in [0.05, 0.1) is 9.79 Å². The van der Waals surface area contributed by atoms with Crippen LogP contribution in [-0.4, -0.2) is 28.0 Å². The maximum atomic E-state index is 12.3. The first-order chi connectivity index (χ1) is 12.1. The van der Waals surface area contributed by atoms with Gasteiger partial charge in [-0.25, -0.2) is 27.5 Å². The first kappa shape index (κ1) is 19.6. The standard InChI is InChI=1S/C15H15N3O6S2/c16-25(21,22)13-6-8-14(9-7-13)26(23,24)18-12-4-1-11(2-5-12)3-10-15(19)17-20/h1-10,18,20H,(H,17,19)(H2,16,21,22). The first-order valence-electron chi connectivity index (χ1n) is 7.00. The molecule has 0 bridgehead atoms. The zero-order chi connectivity index (χ0) is 19.4. The van der Waals surface area contributed by atoms with Gasteiger partial charge in [-0.2, -0.15) is 0 Å². The normalized spacial score (nSPS) is 12.1. The van der Waals surface area contributed by atoms with Gasteiger partial charge in [-0.15, -0.1) is 0 Å². The summed E-state index contributed by atoms with van der Waals surface area (Å²) in [7, 11) is -7.83. The maximum absolute atomic E-state index is 12.3. The van der Waals surface area contributed by atoms with Crippen molar-refractivity contribution in [2.75, 3.05) is 4.72 Å². The van der Waals surface area contributed by atoms with Crippen molar-refractivity contribution in [2.24, 2.45) is 5.14 Å². The molecule has 5 N–H and O–H groups in total. The van der Waals surface area contributed by atoms with Crippen LogP contribution in [0.3, 0.4) is 0 Å². The van der Waals surface area contributed by atoms with E-state index in [4.69, 9.17) is 10.3 Å². The molecule has 2 aromatic rings. The number of amides is 1. The Morgan fingerprint density at radius 3 is 1.96 bits per heavy atom. The second-order valence-corrected chi connectivity index (χ2v) is 8.30. The first-order valence-corrected chi connectivity index (χ1v) is 10.0. The third-order valence-corrected chi connectivity index (χ3v) is 5.49. The van der Waals surface area contributed by atoms with Crippen LogP contribution in [0.15, 0.2) is 64.4 Å². The van der Waals surface area contributed by atoms with Gasteiger partial charge in [-0.3, -0.25) is 14.7 Å². The molecule has 0 aromatic heterocycles. The average Bonchev–Trinajstić information content (AvgIpc) is 2.60. The summed E-state index contributed by atoms with van der Waals surface area (Å²) < 4.78 is 49.4. The van der Waals surface area contributed by atoms with E-state index in [1.165, 1.54) is 23.7 Å². The molecule has 2 rings (SSSR count). The van der Waals surface area contributed by atoms with Crippen molar-refractivity contribution in [1.82, 2.24) is 5.48 Å². The Balaban J connectivity index is 2.16. The molecule has 11 heteroatoms. The molecule has 0 fully saturated rings. The number of sulfonamides is 2. The SMILES string of the molecule is NS(=O)(=O)c1ccc(S(=O)(=O)Nc2ccc(C=CC(=O)NO)cc2)cc1. The molecule has 138 valence electrons. The highest BCUT2D eigenvalue weighted by atomic mass is 32.2. The molecule has 1 amide bonds. The fourth-order valence-electron chi connectivity index (χ4n) is 1.89. The number of primary sulfonamides is 1. The molecule has 9 nitrogen and oxygen atoms in total. The summed E-state index contributed by atoms with van der Waals surface area (Å²) in [6.07, 6.45) is 2.53. The molecule has 0 spiro atoms. The highest BCUT2D eigenvalue weighted by molar-refractivity contribution is 7.92. The van der Waals surface area contributed by atoms with Crippen molar-refractivity contribution in [1.29, 1.82) is 0 Å². The van der Waals surface area contributed by atoms with Crippen molar-refractivity contribution in [3.63, 3.8) is 0 Å². The molecular formula is C15H15N3O6S2. The lowest BCUT2D eigenvalue weighted by molar-refractivity contribution is -0.124. The molecular weight excluding hydrogens is 382 g/mol. The third kappa shape index (κ3) is 5.13. The van der Waals surface area contributed by atoms with Gasteiger partial charge >= 0.3 is 0 Å². The zero-order valence-corrected chi connectivity index (χ0v) is 14.8. The molecule has 0 aliphatic rings. The Hall–Kier alpha value is -2.73. The van der Waals surface area contributed by atoms with E-state index in [2.05, 4.69) is 4.72 Å². The molecule has 0 atom stereocenters. The monoisotopic (exact) mass is 397 g/mol. The lowest BCUT2D eigenvalue weighted by Gasteiger charge is -2.09. The Morgan fingerprint density at radius 1 is 0.923 bits per heavy atom. The number of rotatable bonds is 6. The van der Waals surface area contributed by atoms with Crippen molar-refractivity contribution in [3.05, 3.63) is 60.2 Å². The second-order valence-electron chi connectivity index (χ2n) is 5.05. The van der Waals surface area contributed by atoms with E-state index in [1.807, 2.05) is 0 Å². The Bertz CT molecular complexity index is 1030. The average molecular weight is 397 g/mol. The number of benzene rings is 2. The minimum atomic E-state index is -3.92. The van der Waals surface area contributed by atoms with E-state index < -0.39 is 26.0 Å². The highest BCUT2D eigenvalue weighted by Crippen LogP contribution is 2.18. The minimum absolute atomic E-state index is 0.131. The Labute approximate surface area is 150 Å². The van der Waals surface area contributed by atoms with Gasteiger partial charge in [-0.1, -0.05) is 12.1 Å². The lowest BCUT2D eigenvalue weighted by Crippen LogP contribution is -2.15. The van der Waals surface area contributed by atoms with E-state index in [0.29, 0.717) is 5.56 Å². The lowest BCUT2D eigenvalue weighted by atomic mass is 10.2. The molecule has 0 unspecified atom stereocenters. The molecule has 0 radical (unpaired) electrons. The fourth-order valence-corrected chi connectivity index (χ4v) is 3.47. The van der Waals surface area contributed by atoms with Crippen LogP contribution >= 0.6 is 0 Å². The minimum Gasteiger partial charge on any atom is -0.288 e. The van der Waals surface area contributed by atoms with Crippen LogP contribution in [-0.2, 0) is 24.8 Å². The number of hydrogen-bond acceptors (Lipinski definition) is 6. The predicted molar refractivity (Wildman–Crippen MR) is 94.0 cm³/mol. The summed E-state index contributed by atoms with van der Waals surface area (Å²) in [4.78, 5) is 10.6. The third-order valence-electron chi connectivity index (χ3n) is 3.16. The fraction of sp³-hybridized carbons (Fsp3) is 0. The molecule has 0 aliphatic heterocycles. The van der Waals surface area contributed by atoms with Crippen molar-refractivity contribution in [3.8, 4) is 0 Å². The second kappa shape index (κ2) is 7.66. The Kier molecular flexibility index (Phi) is 5.77. The number of anilines is 1. The van der Waals surface area contributed by atoms with Crippen molar-refractivity contribution < 1.29 is 26.8 Å². The largest absolute Gasteiger partial charge is 0.288 e. The van der Waals surface area contributed by atoms with Gasteiger partial charge in [0.2, 0.25) is 10.0 Å². The van der Waals surface area contributed by atoms with Crippen molar-refractivity contribution >= 4 is 37.7 Å². The van der Waals surface area contributed by atoms with Crippen LogP contribution in [0.2, 0.25) is 0 Å². The summed E-state index contributed by atoms with van der Waals surface area (Å²) in [5, 5.41) is 13.4. The van der Waals surface area contributed by atoms with E-state index in [1.54, 1.807) is 12.1 Å². The molecule has 2 aromatic carbocycles. The van der Waals surface area contributed by atoms with Crippen LogP contribution in [0.4, 0.5) is 5.69 Å². The summed E-state index contributed by atoms with van der Waals surface area (Å²) in [5.74, 6) is -0.697. The summed E-state index contributed by atoms with van der Waals surface area (Å²) >= 11 is 0. The predicted octanol–water partition coefficient (Wildman–Crippen LogP) is 0.653. The topological polar surface area (TPSA) is 156 Å². The van der Waals surface area contributed by atoms with Gasteiger partial charge in [0, 0.05) is 11.8 Å². The maximum Gasteiger partial charge on any atom is 0.267 e. The van der Waals surface area contributed by atoms with Gasteiger partial charge in [0.1, 0.15) is 0 Å². The van der Waals surface area contributed by atoms with Gasteiger partial charge in [-0.05, 0) is 48.0 Å². The molecule has 0 saturated heterocycles. The molecule has 0 heterocycles. The summed E-state index contributed by atoms with van der Waals surface area (Å²) in [6, 6.07) is 10.5. The number of hydroxylamine groups is 1. The van der Waals surface area contributed by atoms with Gasteiger partial charge in [0.15, 0.2) is 0 Å². The highest BCUT2D eigenvalue weighted by Gasteiger charge is 2.16. The number of hydrogen-bond donors (Lipinski definition) is 4. The summed E-state index contributed by atoms with van der Waals surface area (Å²) in [5.41, 5.74) is 2.32. The number of carbonyl (C=O) groups is 1. The van der Waals surface area contributed by atoms with E-state index in [9.17, 15) is 21.6 Å². The number of nitrogens with two attached hydrogens (primary N) is 1. The van der Waals surface area contributed by atoms with Crippen molar-refractivity contribution in [2.45, 2.75) is 9.79 Å². The van der Waals surface area contributed by atoms with Crippen LogP contribution in [0, 0.1) is 0 Å². The Morgan fingerprint density at radius 2 is 1.46 bits per heavy atom. The number of carbonyl (C=O) groups excluding carboxylic acids is 1. The van der Waals surface area contributed by atoms with E-state index in [-0.39, 0.29) is 15.5 Å². The summed E-state index contributed by atoms with van der Waals surface area (Å²) in [6.45, 7) is 0. The smallest absolute Gasteiger partial charge is 0.267 e. The number of nitrogens with one attached hydrogen (secondary N) is 2. The quantitative estimate of drug-likeness (QED) is 0.319. The van der Waals surface area contributed by atoms with Crippen LogP contribution in [0.1, 0.15) is 5.56 Å². The molecule has 26 heavy (non-hydrogen) atoms. The van der Waals surface area contributed by atoms with Crippen LogP contribution < -0.4 is 15.3 Å². The van der Waals surface area contributed by atoms with Crippen LogP contribution in [0.5, 0.6) is 0 Å².